The number of rotatable bonds is 3. The van der Waals surface area contributed by atoms with Crippen LogP contribution in [0.15, 0.2) is 28.8 Å². The maximum absolute atomic E-state index is 5.82. The number of hydrogen-bond acceptors (Lipinski definition) is 3. The molecule has 1 aromatic carbocycles. The molecule has 2 rings (SSSR count). The molecule has 0 unspecified atom stereocenters. The third-order valence-corrected chi connectivity index (χ3v) is 2.99. The van der Waals surface area contributed by atoms with Gasteiger partial charge in [0.25, 0.3) is 0 Å². The van der Waals surface area contributed by atoms with Crippen LogP contribution >= 0.6 is 0 Å². The zero-order valence-corrected chi connectivity index (χ0v) is 10.5. The lowest BCUT2D eigenvalue weighted by atomic mass is 9.98. The van der Waals surface area contributed by atoms with Gasteiger partial charge >= 0.3 is 0 Å². The molecule has 0 radical (unpaired) electrons. The summed E-state index contributed by atoms with van der Waals surface area (Å²) < 4.78 is 5.05. The van der Waals surface area contributed by atoms with Crippen LogP contribution in [0, 0.1) is 0 Å². The first-order chi connectivity index (χ1) is 8.13. The van der Waals surface area contributed by atoms with Crippen molar-refractivity contribution in [3.63, 3.8) is 0 Å². The highest BCUT2D eigenvalue weighted by Gasteiger charge is 2.14. The number of nitrogen functional groups attached to an aromatic ring is 1. The van der Waals surface area contributed by atoms with E-state index in [2.05, 4.69) is 43.3 Å². The van der Waals surface area contributed by atoms with Crippen molar-refractivity contribution in [1.29, 1.82) is 0 Å². The lowest BCUT2D eigenvalue weighted by Crippen LogP contribution is -1.91. The Kier molecular flexibility index (Phi) is 3.18. The van der Waals surface area contributed by atoms with Gasteiger partial charge in [0, 0.05) is 0 Å². The van der Waals surface area contributed by atoms with Gasteiger partial charge in [-0.2, -0.15) is 0 Å². The summed E-state index contributed by atoms with van der Waals surface area (Å²) in [5, 5.41) is 3.97. The third kappa shape index (κ3) is 2.18. The number of nitrogens with two attached hydrogens (primary N) is 1. The molecule has 0 bridgehead atoms. The largest absolute Gasteiger partial charge is 0.367 e. The summed E-state index contributed by atoms with van der Waals surface area (Å²) >= 11 is 0. The van der Waals surface area contributed by atoms with Crippen molar-refractivity contribution in [2.24, 2.45) is 0 Å². The average Bonchev–Trinajstić information content (AvgIpc) is 2.70. The van der Waals surface area contributed by atoms with Crippen molar-refractivity contribution in [3.8, 4) is 11.1 Å². The molecule has 0 saturated carbocycles. The van der Waals surface area contributed by atoms with Gasteiger partial charge in [-0.3, -0.25) is 0 Å². The monoisotopic (exact) mass is 230 g/mol. The van der Waals surface area contributed by atoms with E-state index < -0.39 is 0 Å². The van der Waals surface area contributed by atoms with Gasteiger partial charge in [-0.05, 0) is 23.5 Å². The second-order valence-corrected chi connectivity index (χ2v) is 4.50. The van der Waals surface area contributed by atoms with Crippen LogP contribution < -0.4 is 5.73 Å². The number of aromatic nitrogens is 1. The normalized spacial score (nSPS) is 11.1. The second-order valence-electron chi connectivity index (χ2n) is 4.50. The lowest BCUT2D eigenvalue weighted by Gasteiger charge is -2.06. The molecule has 0 aliphatic carbocycles. The number of aryl methyl sites for hydroxylation is 1. The minimum absolute atomic E-state index is 0.402. The van der Waals surface area contributed by atoms with Crippen LogP contribution in [0.3, 0.4) is 0 Å². The van der Waals surface area contributed by atoms with Gasteiger partial charge in [0.15, 0.2) is 0 Å². The maximum atomic E-state index is 5.82. The van der Waals surface area contributed by atoms with Gasteiger partial charge in [0.1, 0.15) is 0 Å². The minimum atomic E-state index is 0.402. The summed E-state index contributed by atoms with van der Waals surface area (Å²) in [6.07, 6.45) is 0.821. The molecule has 90 valence electrons. The van der Waals surface area contributed by atoms with Crippen LogP contribution in [0.1, 0.15) is 37.9 Å². The highest BCUT2D eigenvalue weighted by molar-refractivity contribution is 5.75. The fraction of sp³-hybridized carbons (Fsp3) is 0.357. The summed E-state index contributed by atoms with van der Waals surface area (Å²) in [5.74, 6) is 0.939. The van der Waals surface area contributed by atoms with Crippen molar-refractivity contribution >= 4 is 5.88 Å². The smallest absolute Gasteiger partial charge is 0.230 e. The quantitative estimate of drug-likeness (QED) is 0.876. The number of anilines is 1. The van der Waals surface area contributed by atoms with Crippen LogP contribution in [0.5, 0.6) is 0 Å². The molecule has 1 aromatic heterocycles. The van der Waals surface area contributed by atoms with Gasteiger partial charge in [0.2, 0.25) is 5.88 Å². The van der Waals surface area contributed by atoms with Crippen molar-refractivity contribution in [2.75, 3.05) is 5.73 Å². The van der Waals surface area contributed by atoms with Crippen LogP contribution in [-0.4, -0.2) is 5.16 Å². The molecule has 0 amide bonds. The standard InChI is InChI=1S/C14H18N2O/c1-4-12-13(14(15)17-16-12)11-7-5-10(6-8-11)9(2)3/h5-9H,4,15H2,1-3H3. The van der Waals surface area contributed by atoms with Crippen molar-refractivity contribution in [3.05, 3.63) is 35.5 Å². The summed E-state index contributed by atoms with van der Waals surface area (Å²) in [7, 11) is 0. The predicted octanol–water partition coefficient (Wildman–Crippen LogP) is 3.61. The molecule has 3 heteroatoms. The molecule has 0 fully saturated rings. The van der Waals surface area contributed by atoms with E-state index in [0.717, 1.165) is 23.2 Å². The first-order valence-corrected chi connectivity index (χ1v) is 5.97. The minimum Gasteiger partial charge on any atom is -0.367 e. The molecule has 0 aliphatic rings. The van der Waals surface area contributed by atoms with Crippen molar-refractivity contribution in [2.45, 2.75) is 33.1 Å². The zero-order chi connectivity index (χ0) is 12.4. The summed E-state index contributed by atoms with van der Waals surface area (Å²) in [4.78, 5) is 0. The lowest BCUT2D eigenvalue weighted by molar-refractivity contribution is 0.428. The summed E-state index contributed by atoms with van der Waals surface area (Å²) in [5.41, 5.74) is 10.1. The van der Waals surface area contributed by atoms with E-state index in [1.807, 2.05) is 6.92 Å². The van der Waals surface area contributed by atoms with E-state index >= 15 is 0 Å². The van der Waals surface area contributed by atoms with Gasteiger partial charge in [0.05, 0.1) is 11.3 Å². The first-order valence-electron chi connectivity index (χ1n) is 5.97. The number of nitrogens with zero attached hydrogens (tertiary/aromatic N) is 1. The van der Waals surface area contributed by atoms with Crippen LogP contribution in [0.25, 0.3) is 11.1 Å². The summed E-state index contributed by atoms with van der Waals surface area (Å²) in [6.45, 7) is 6.41. The molecule has 0 atom stereocenters. The van der Waals surface area contributed by atoms with E-state index in [1.165, 1.54) is 5.56 Å². The Morgan fingerprint density at radius 3 is 2.41 bits per heavy atom. The average molecular weight is 230 g/mol. The highest BCUT2D eigenvalue weighted by Crippen LogP contribution is 2.30. The maximum Gasteiger partial charge on any atom is 0.230 e. The predicted molar refractivity (Wildman–Crippen MR) is 69.8 cm³/mol. The molecule has 0 spiro atoms. The van der Waals surface area contributed by atoms with Gasteiger partial charge in [-0.1, -0.05) is 50.2 Å². The van der Waals surface area contributed by atoms with E-state index in [-0.39, 0.29) is 0 Å². The van der Waals surface area contributed by atoms with Crippen molar-refractivity contribution < 1.29 is 4.52 Å². The topological polar surface area (TPSA) is 52.0 Å². The molecular weight excluding hydrogens is 212 g/mol. The molecule has 17 heavy (non-hydrogen) atoms. The number of benzene rings is 1. The Balaban J connectivity index is 2.42. The van der Waals surface area contributed by atoms with Crippen LogP contribution in [-0.2, 0) is 6.42 Å². The Morgan fingerprint density at radius 2 is 1.88 bits per heavy atom. The van der Waals surface area contributed by atoms with E-state index in [0.29, 0.717) is 11.8 Å². The molecule has 0 saturated heterocycles. The van der Waals surface area contributed by atoms with Gasteiger partial charge in [-0.25, -0.2) is 0 Å². The molecule has 0 aliphatic heterocycles. The van der Waals surface area contributed by atoms with Crippen LogP contribution in [0.2, 0.25) is 0 Å². The second kappa shape index (κ2) is 4.62. The fourth-order valence-electron chi connectivity index (χ4n) is 1.92. The molecule has 1 heterocycles. The molecule has 2 aromatic rings. The zero-order valence-electron chi connectivity index (χ0n) is 10.5. The van der Waals surface area contributed by atoms with Gasteiger partial charge in [-0.15, -0.1) is 0 Å². The molecular formula is C14H18N2O. The Morgan fingerprint density at radius 1 is 1.24 bits per heavy atom. The highest BCUT2D eigenvalue weighted by atomic mass is 16.5. The van der Waals surface area contributed by atoms with E-state index in [1.54, 1.807) is 0 Å². The molecule has 3 nitrogen and oxygen atoms in total. The third-order valence-electron chi connectivity index (χ3n) is 2.99. The molecule has 2 N–H and O–H groups in total. The van der Waals surface area contributed by atoms with Gasteiger partial charge < -0.3 is 10.3 Å². The Labute approximate surface area is 102 Å². The van der Waals surface area contributed by atoms with Crippen molar-refractivity contribution in [1.82, 2.24) is 5.16 Å². The van der Waals surface area contributed by atoms with Crippen LogP contribution in [0.4, 0.5) is 5.88 Å². The van der Waals surface area contributed by atoms with E-state index in [4.69, 9.17) is 10.3 Å². The summed E-state index contributed by atoms with van der Waals surface area (Å²) in [6, 6.07) is 8.42. The Bertz CT molecular complexity index is 497. The fourth-order valence-corrected chi connectivity index (χ4v) is 1.92. The van der Waals surface area contributed by atoms with E-state index in [9.17, 15) is 0 Å². The first kappa shape index (κ1) is 11.7. The number of hydrogen-bond donors (Lipinski definition) is 1. The Hall–Kier alpha value is -1.77. The SMILES string of the molecule is CCc1noc(N)c1-c1ccc(C(C)C)cc1.